The van der Waals surface area contributed by atoms with Gasteiger partial charge in [-0.05, 0) is 43.2 Å². The van der Waals surface area contributed by atoms with Gasteiger partial charge >= 0.3 is 0 Å². The molecule has 0 amide bonds. The third-order valence-corrected chi connectivity index (χ3v) is 3.68. The van der Waals surface area contributed by atoms with Gasteiger partial charge in [-0.15, -0.1) is 0 Å². The van der Waals surface area contributed by atoms with Crippen LogP contribution in [0.3, 0.4) is 0 Å². The first-order chi connectivity index (χ1) is 9.06. The molecule has 19 heavy (non-hydrogen) atoms. The van der Waals surface area contributed by atoms with Gasteiger partial charge in [0, 0.05) is 10.5 Å². The van der Waals surface area contributed by atoms with Gasteiger partial charge in [0.2, 0.25) is 0 Å². The highest BCUT2D eigenvalue weighted by molar-refractivity contribution is 9.10. The van der Waals surface area contributed by atoms with Crippen molar-refractivity contribution in [3.05, 3.63) is 57.5 Å². The largest absolute Gasteiger partial charge is 0.456 e. The highest BCUT2D eigenvalue weighted by Crippen LogP contribution is 2.31. The van der Waals surface area contributed by atoms with E-state index < -0.39 is 0 Å². The first kappa shape index (κ1) is 14.4. The highest BCUT2D eigenvalue weighted by Gasteiger charge is 2.07. The summed E-state index contributed by atoms with van der Waals surface area (Å²) in [6.45, 7) is 1.99. The summed E-state index contributed by atoms with van der Waals surface area (Å²) in [7, 11) is 0. The molecule has 2 aromatic rings. The second-order valence-electron chi connectivity index (χ2n) is 4.47. The fourth-order valence-electron chi connectivity index (χ4n) is 1.76. The summed E-state index contributed by atoms with van der Waals surface area (Å²) in [6, 6.07) is 13.4. The van der Waals surface area contributed by atoms with Crippen molar-refractivity contribution < 1.29 is 4.74 Å². The number of hydrogen-bond donors (Lipinski definition) is 1. The molecule has 0 radical (unpaired) electrons. The van der Waals surface area contributed by atoms with Crippen molar-refractivity contribution in [3.63, 3.8) is 0 Å². The number of para-hydroxylation sites is 1. The van der Waals surface area contributed by atoms with Gasteiger partial charge in [0.15, 0.2) is 0 Å². The molecule has 0 fully saturated rings. The highest BCUT2D eigenvalue weighted by atomic mass is 79.9. The van der Waals surface area contributed by atoms with E-state index in [2.05, 4.69) is 15.9 Å². The van der Waals surface area contributed by atoms with E-state index >= 15 is 0 Å². The Morgan fingerprint density at radius 2 is 2.00 bits per heavy atom. The third-order valence-electron chi connectivity index (χ3n) is 2.63. The molecular formula is C15H15BrClNO. The second kappa shape index (κ2) is 6.42. The average molecular weight is 341 g/mol. The Hall–Kier alpha value is -1.03. The number of halogens is 2. The normalized spacial score (nSPS) is 12.2. The minimum absolute atomic E-state index is 0.131. The number of rotatable bonds is 4. The molecular weight excluding hydrogens is 326 g/mol. The van der Waals surface area contributed by atoms with E-state index in [1.165, 1.54) is 5.56 Å². The van der Waals surface area contributed by atoms with Crippen molar-refractivity contribution >= 4 is 27.5 Å². The maximum absolute atomic E-state index is 6.06. The minimum atomic E-state index is 0.131. The van der Waals surface area contributed by atoms with Crippen molar-refractivity contribution in [2.75, 3.05) is 0 Å². The Morgan fingerprint density at radius 1 is 1.26 bits per heavy atom. The predicted molar refractivity (Wildman–Crippen MR) is 83.0 cm³/mol. The lowest BCUT2D eigenvalue weighted by atomic mass is 10.1. The van der Waals surface area contributed by atoms with E-state index in [1.54, 1.807) is 6.07 Å². The van der Waals surface area contributed by atoms with Crippen LogP contribution in [-0.4, -0.2) is 6.04 Å². The van der Waals surface area contributed by atoms with E-state index in [-0.39, 0.29) is 6.04 Å². The molecule has 100 valence electrons. The number of benzene rings is 2. The van der Waals surface area contributed by atoms with E-state index in [0.29, 0.717) is 10.8 Å². The molecule has 2 nitrogen and oxygen atoms in total. The summed E-state index contributed by atoms with van der Waals surface area (Å²) in [5.41, 5.74) is 6.97. The van der Waals surface area contributed by atoms with Crippen LogP contribution in [0.4, 0.5) is 0 Å². The van der Waals surface area contributed by atoms with Crippen LogP contribution in [0.5, 0.6) is 11.5 Å². The lowest BCUT2D eigenvalue weighted by Gasteiger charge is -2.11. The Morgan fingerprint density at radius 3 is 2.63 bits per heavy atom. The molecule has 0 saturated heterocycles. The van der Waals surface area contributed by atoms with E-state index in [1.807, 2.05) is 43.3 Å². The van der Waals surface area contributed by atoms with Crippen molar-refractivity contribution in [1.82, 2.24) is 0 Å². The zero-order valence-corrected chi connectivity index (χ0v) is 12.9. The fourth-order valence-corrected chi connectivity index (χ4v) is 2.45. The lowest BCUT2D eigenvalue weighted by Crippen LogP contribution is -2.17. The number of hydrogen-bond acceptors (Lipinski definition) is 2. The second-order valence-corrected chi connectivity index (χ2v) is 5.73. The smallest absolute Gasteiger partial charge is 0.146 e. The number of ether oxygens (including phenoxy) is 1. The maximum Gasteiger partial charge on any atom is 0.146 e. The van der Waals surface area contributed by atoms with Crippen molar-refractivity contribution in [1.29, 1.82) is 0 Å². The van der Waals surface area contributed by atoms with Crippen LogP contribution in [0.2, 0.25) is 5.02 Å². The molecule has 0 bridgehead atoms. The summed E-state index contributed by atoms with van der Waals surface area (Å²) in [6.07, 6.45) is 0.826. The molecule has 0 heterocycles. The monoisotopic (exact) mass is 339 g/mol. The summed E-state index contributed by atoms with van der Waals surface area (Å²) >= 11 is 9.60. The van der Waals surface area contributed by atoms with Gasteiger partial charge in [-0.2, -0.15) is 0 Å². The van der Waals surface area contributed by atoms with Crippen molar-refractivity contribution in [3.8, 4) is 11.5 Å². The molecule has 0 aromatic heterocycles. The van der Waals surface area contributed by atoms with Crippen molar-refractivity contribution in [2.45, 2.75) is 19.4 Å². The van der Waals surface area contributed by atoms with Crippen LogP contribution in [0.1, 0.15) is 12.5 Å². The lowest BCUT2D eigenvalue weighted by molar-refractivity contribution is 0.482. The Kier molecular flexibility index (Phi) is 4.86. The van der Waals surface area contributed by atoms with Gasteiger partial charge in [0.1, 0.15) is 11.5 Å². The molecule has 2 N–H and O–H groups in total. The summed E-state index contributed by atoms with van der Waals surface area (Å²) in [5.74, 6) is 1.39. The van der Waals surface area contributed by atoms with Gasteiger partial charge in [0.05, 0.1) is 5.02 Å². The molecule has 0 aliphatic carbocycles. The summed E-state index contributed by atoms with van der Waals surface area (Å²) < 4.78 is 6.75. The van der Waals surface area contributed by atoms with Crippen LogP contribution in [0.25, 0.3) is 0 Å². The zero-order chi connectivity index (χ0) is 13.8. The molecule has 2 aromatic carbocycles. The molecule has 4 heteroatoms. The quantitative estimate of drug-likeness (QED) is 0.869. The van der Waals surface area contributed by atoms with Crippen LogP contribution >= 0.6 is 27.5 Å². The molecule has 2 rings (SSSR count). The first-order valence-corrected chi connectivity index (χ1v) is 7.20. The van der Waals surface area contributed by atoms with Crippen LogP contribution in [0.15, 0.2) is 46.9 Å². The topological polar surface area (TPSA) is 35.2 Å². The van der Waals surface area contributed by atoms with E-state index in [9.17, 15) is 0 Å². The molecule has 0 saturated carbocycles. The molecule has 0 spiro atoms. The zero-order valence-electron chi connectivity index (χ0n) is 10.6. The van der Waals surface area contributed by atoms with Gasteiger partial charge in [0.25, 0.3) is 0 Å². The molecule has 0 aliphatic rings. The van der Waals surface area contributed by atoms with Gasteiger partial charge in [-0.1, -0.05) is 45.7 Å². The first-order valence-electron chi connectivity index (χ1n) is 6.02. The predicted octanol–water partition coefficient (Wildman–Crippen LogP) is 4.78. The Balaban J connectivity index is 2.19. The van der Waals surface area contributed by atoms with E-state index in [4.69, 9.17) is 22.1 Å². The third kappa shape index (κ3) is 3.96. The van der Waals surface area contributed by atoms with Crippen molar-refractivity contribution in [2.24, 2.45) is 5.73 Å². The Bertz CT molecular complexity index is 572. The van der Waals surface area contributed by atoms with Crippen LogP contribution < -0.4 is 10.5 Å². The van der Waals surface area contributed by atoms with Gasteiger partial charge in [-0.25, -0.2) is 0 Å². The van der Waals surface area contributed by atoms with Gasteiger partial charge < -0.3 is 10.5 Å². The van der Waals surface area contributed by atoms with Crippen LogP contribution in [0, 0.1) is 0 Å². The maximum atomic E-state index is 6.06. The Labute approximate surface area is 126 Å². The SMILES string of the molecule is CC(N)Cc1ccc(Oc2ccccc2Cl)cc1Br. The average Bonchev–Trinajstić information content (AvgIpc) is 2.35. The standard InChI is InChI=1S/C15H15BrClNO/c1-10(18)8-11-6-7-12(9-13(11)16)19-15-5-3-2-4-14(15)17/h2-7,9-10H,8,18H2,1H3. The fraction of sp³-hybridized carbons (Fsp3) is 0.200. The summed E-state index contributed by atoms with van der Waals surface area (Å²) in [4.78, 5) is 0. The molecule has 1 atom stereocenters. The van der Waals surface area contributed by atoms with Crippen LogP contribution in [-0.2, 0) is 6.42 Å². The minimum Gasteiger partial charge on any atom is -0.456 e. The summed E-state index contributed by atoms with van der Waals surface area (Å²) in [5, 5.41) is 0.596. The van der Waals surface area contributed by atoms with Gasteiger partial charge in [-0.3, -0.25) is 0 Å². The van der Waals surface area contributed by atoms with E-state index in [0.717, 1.165) is 16.6 Å². The number of nitrogens with two attached hydrogens (primary N) is 1. The molecule has 0 aliphatic heterocycles. The molecule has 1 unspecified atom stereocenters.